The van der Waals surface area contributed by atoms with Crippen molar-refractivity contribution in [3.05, 3.63) is 59.9 Å². The van der Waals surface area contributed by atoms with E-state index in [2.05, 4.69) is 52.0 Å². The molecule has 5 aliphatic heterocycles. The topological polar surface area (TPSA) is 177 Å². The molecule has 60 heavy (non-hydrogen) atoms. The van der Waals surface area contributed by atoms with Crippen LogP contribution in [0.1, 0.15) is 81.9 Å². The molecular weight excluding hydrogens is 765 g/mol. The number of aromatic amines is 1. The van der Waals surface area contributed by atoms with Crippen LogP contribution in [0.3, 0.4) is 0 Å². The average molecular weight is 819 g/mol. The molecule has 0 radical (unpaired) electrons. The normalized spacial score (nSPS) is 23.7. The predicted octanol–water partition coefficient (Wildman–Crippen LogP) is 4.12. The van der Waals surface area contributed by atoms with Crippen LogP contribution in [0.2, 0.25) is 0 Å². The standard InChI is InChI=1S/C44H50N10O6.2H2/c1-44(11-12-44)60-30-3-5-34-33(22-30)40(49-48-34)35-23-37(46-26-45-35)52-18-16-50(17-19-52)24-28-10-15-53(39(56)20-28)25-27-8-13-51(14-9-27)29-2-4-31-32(21-29)43(59)54(42(31)58)36-6-7-38(55)47-41(36)57;;/h2-5,21-23,26-28,36H,6-20,24-25H2,1H3,(H,48,49)(H,47,55,57);2*1H/t28-,36?;;/m1../s1. The van der Waals surface area contributed by atoms with Crippen molar-refractivity contribution in [3.8, 4) is 17.1 Å². The van der Waals surface area contributed by atoms with Gasteiger partial charge in [0.15, 0.2) is 0 Å². The molecule has 6 aliphatic rings. The van der Waals surface area contributed by atoms with Gasteiger partial charge in [-0.3, -0.25) is 44.2 Å². The highest BCUT2D eigenvalue weighted by Gasteiger charge is 2.45. The number of hydrogen-bond donors (Lipinski definition) is 2. The molecule has 2 aromatic carbocycles. The number of benzene rings is 2. The second kappa shape index (κ2) is 15.3. The second-order valence-electron chi connectivity index (χ2n) is 17.7. The molecule has 1 saturated carbocycles. The molecular formula is C44H54N10O6. The Hall–Kier alpha value is -5.90. The van der Waals surface area contributed by atoms with Gasteiger partial charge in [0.2, 0.25) is 17.7 Å². The van der Waals surface area contributed by atoms with E-state index in [0.29, 0.717) is 23.8 Å². The summed E-state index contributed by atoms with van der Waals surface area (Å²) in [6.07, 6.45) is 7.41. The zero-order valence-electron chi connectivity index (χ0n) is 33.9. The number of H-pyrrole nitrogens is 1. The molecule has 0 bridgehead atoms. The van der Waals surface area contributed by atoms with Crippen LogP contribution in [0.5, 0.6) is 5.75 Å². The maximum atomic E-state index is 13.4. The zero-order chi connectivity index (χ0) is 41.1. The maximum absolute atomic E-state index is 13.4. The van der Waals surface area contributed by atoms with Crippen molar-refractivity contribution in [1.82, 2.24) is 40.2 Å². The predicted molar refractivity (Wildman–Crippen MR) is 226 cm³/mol. The molecule has 2 N–H and O–H groups in total. The van der Waals surface area contributed by atoms with E-state index in [1.165, 1.54) is 0 Å². The van der Waals surface area contributed by atoms with E-state index in [9.17, 15) is 24.0 Å². The first-order valence-electron chi connectivity index (χ1n) is 21.4. The SMILES string of the molecule is CC1(Oc2ccc3[nH]nc(-c4cc(N5CCN(C[C@@H]6CCN(CC7CCN(c8ccc9c(c8)C(=O)N(C8CCC(=O)NC8=O)C9=O)CC7)C(=O)C6)CC5)ncn4)c3c2)CC1.[HH].[HH]. The van der Waals surface area contributed by atoms with Gasteiger partial charge in [0.25, 0.3) is 11.8 Å². The first-order valence-corrected chi connectivity index (χ1v) is 21.4. The Bertz CT molecular complexity index is 2390. The van der Waals surface area contributed by atoms with Gasteiger partial charge in [-0.25, -0.2) is 9.97 Å². The Morgan fingerprint density at radius 1 is 0.800 bits per heavy atom. The molecule has 316 valence electrons. The van der Waals surface area contributed by atoms with Gasteiger partial charge in [-0.05, 0) is 93.7 Å². The summed E-state index contributed by atoms with van der Waals surface area (Å²) in [5.41, 5.74) is 3.88. The number of hydrogen-bond acceptors (Lipinski definition) is 12. The molecule has 5 amide bonds. The minimum absolute atomic E-state index is 0. The third kappa shape index (κ3) is 7.45. The number of ether oxygens (including phenoxy) is 1. The molecule has 1 unspecified atom stereocenters. The van der Waals surface area contributed by atoms with E-state index < -0.39 is 29.7 Å². The van der Waals surface area contributed by atoms with Crippen LogP contribution < -0.4 is 19.9 Å². The van der Waals surface area contributed by atoms with Crippen LogP contribution in [-0.4, -0.2) is 135 Å². The number of carbonyl (C=O) groups excluding carboxylic acids is 5. The third-order valence-corrected chi connectivity index (χ3v) is 13.5. The molecule has 2 aromatic heterocycles. The lowest BCUT2D eigenvalue weighted by Crippen LogP contribution is -2.54. The lowest BCUT2D eigenvalue weighted by Gasteiger charge is -2.40. The fourth-order valence-electron chi connectivity index (χ4n) is 9.62. The highest BCUT2D eigenvalue weighted by atomic mass is 16.5. The van der Waals surface area contributed by atoms with Crippen molar-refractivity contribution in [2.75, 3.05) is 68.7 Å². The average Bonchev–Trinajstić information content (AvgIpc) is 3.74. The largest absolute Gasteiger partial charge is 0.488 e. The Balaban J connectivity index is 0.00000264. The number of amides is 5. The summed E-state index contributed by atoms with van der Waals surface area (Å²) in [5.74, 6) is 0.720. The lowest BCUT2D eigenvalue weighted by molar-refractivity contribution is -0.137. The summed E-state index contributed by atoms with van der Waals surface area (Å²) in [7, 11) is 0. The summed E-state index contributed by atoms with van der Waals surface area (Å²) in [4.78, 5) is 83.3. The van der Waals surface area contributed by atoms with E-state index in [1.807, 2.05) is 30.3 Å². The van der Waals surface area contributed by atoms with Crippen LogP contribution in [0.25, 0.3) is 22.3 Å². The van der Waals surface area contributed by atoms with E-state index in [0.717, 1.165) is 135 Å². The Kier molecular flexibility index (Phi) is 9.76. The number of piperazine rings is 1. The van der Waals surface area contributed by atoms with Gasteiger partial charge < -0.3 is 19.4 Å². The monoisotopic (exact) mass is 818 g/mol. The van der Waals surface area contributed by atoms with Crippen LogP contribution in [0.15, 0.2) is 48.8 Å². The van der Waals surface area contributed by atoms with Crippen LogP contribution in [0.4, 0.5) is 11.5 Å². The molecule has 1 aliphatic carbocycles. The molecule has 16 nitrogen and oxygen atoms in total. The number of carbonyl (C=O) groups is 5. The fraction of sp³-hybridized carbons (Fsp3) is 0.500. The number of piperidine rings is 3. The minimum Gasteiger partial charge on any atom is -0.488 e. The van der Waals surface area contributed by atoms with Crippen LogP contribution >= 0.6 is 0 Å². The maximum Gasteiger partial charge on any atom is 0.262 e. The number of nitrogens with zero attached hydrogens (tertiary/aromatic N) is 8. The van der Waals surface area contributed by atoms with E-state index in [4.69, 9.17) is 4.74 Å². The zero-order valence-corrected chi connectivity index (χ0v) is 33.9. The van der Waals surface area contributed by atoms with Gasteiger partial charge in [0.1, 0.15) is 35.2 Å². The van der Waals surface area contributed by atoms with Gasteiger partial charge in [-0.2, -0.15) is 5.10 Å². The Morgan fingerprint density at radius 2 is 1.58 bits per heavy atom. The van der Waals surface area contributed by atoms with Crippen molar-refractivity contribution in [3.63, 3.8) is 0 Å². The minimum atomic E-state index is -0.981. The number of likely N-dealkylation sites (tertiary alicyclic amines) is 1. The van der Waals surface area contributed by atoms with Crippen LogP contribution in [-0.2, 0) is 14.4 Å². The fourth-order valence-corrected chi connectivity index (χ4v) is 9.62. The number of fused-ring (bicyclic) bond motifs is 2. The van der Waals surface area contributed by atoms with E-state index in [-0.39, 0.29) is 32.8 Å². The molecule has 10 rings (SSSR count). The Labute approximate surface area is 350 Å². The molecule has 2 atom stereocenters. The second-order valence-corrected chi connectivity index (χ2v) is 17.7. The van der Waals surface area contributed by atoms with Gasteiger partial charge in [0.05, 0.1) is 22.3 Å². The summed E-state index contributed by atoms with van der Waals surface area (Å²) >= 11 is 0. The third-order valence-electron chi connectivity index (χ3n) is 13.5. The number of imide groups is 2. The molecule has 16 heteroatoms. The molecule has 7 heterocycles. The molecule has 4 saturated heterocycles. The summed E-state index contributed by atoms with van der Waals surface area (Å²) in [6, 6.07) is 12.4. The highest BCUT2D eigenvalue weighted by Crippen LogP contribution is 2.41. The number of aromatic nitrogens is 4. The van der Waals surface area contributed by atoms with Crippen molar-refractivity contribution in [1.29, 1.82) is 0 Å². The molecule has 0 spiro atoms. The smallest absolute Gasteiger partial charge is 0.262 e. The Morgan fingerprint density at radius 3 is 2.35 bits per heavy atom. The van der Waals surface area contributed by atoms with E-state index >= 15 is 0 Å². The number of anilines is 2. The summed E-state index contributed by atoms with van der Waals surface area (Å²) < 4.78 is 6.22. The van der Waals surface area contributed by atoms with Gasteiger partial charge >= 0.3 is 0 Å². The lowest BCUT2D eigenvalue weighted by atomic mass is 9.91. The number of rotatable bonds is 10. The first-order chi connectivity index (χ1) is 29.1. The summed E-state index contributed by atoms with van der Waals surface area (Å²) in [5, 5.41) is 11.0. The number of nitrogens with one attached hydrogen (secondary N) is 2. The van der Waals surface area contributed by atoms with Gasteiger partial charge in [-0.15, -0.1) is 0 Å². The highest BCUT2D eigenvalue weighted by molar-refractivity contribution is 6.23. The van der Waals surface area contributed by atoms with Crippen molar-refractivity contribution >= 4 is 51.9 Å². The van der Waals surface area contributed by atoms with Crippen LogP contribution in [0, 0.1) is 11.8 Å². The van der Waals surface area contributed by atoms with Crippen molar-refractivity contribution < 1.29 is 31.6 Å². The quantitative estimate of drug-likeness (QED) is 0.219. The summed E-state index contributed by atoms with van der Waals surface area (Å²) in [6.45, 7) is 9.68. The molecule has 4 aromatic rings. The van der Waals surface area contributed by atoms with Gasteiger partial charge in [0, 0.05) is 91.7 Å². The van der Waals surface area contributed by atoms with Gasteiger partial charge in [-0.1, -0.05) is 0 Å². The first kappa shape index (κ1) is 38.3. The van der Waals surface area contributed by atoms with Crippen molar-refractivity contribution in [2.24, 2.45) is 11.8 Å². The molecule has 5 fully saturated rings. The van der Waals surface area contributed by atoms with Crippen molar-refractivity contribution in [2.45, 2.75) is 69.9 Å². The van der Waals surface area contributed by atoms with E-state index in [1.54, 1.807) is 18.5 Å².